The van der Waals surface area contributed by atoms with Gasteiger partial charge in [-0.15, -0.1) is 0 Å². The van der Waals surface area contributed by atoms with Crippen molar-refractivity contribution in [1.29, 1.82) is 0 Å². The number of allylic oxidation sites excluding steroid dienone is 2. The molecule has 5 rings (SSSR count). The lowest BCUT2D eigenvalue weighted by Gasteiger charge is -2.59. The van der Waals surface area contributed by atoms with Gasteiger partial charge in [-0.05, 0) is 79.7 Å². The molecule has 3 fully saturated rings. The van der Waals surface area contributed by atoms with E-state index in [1.165, 1.54) is 43.2 Å². The summed E-state index contributed by atoms with van der Waals surface area (Å²) in [7, 11) is 0. The van der Waals surface area contributed by atoms with Gasteiger partial charge in [-0.25, -0.2) is 4.79 Å². The molecule has 1 heterocycles. The van der Waals surface area contributed by atoms with Crippen LogP contribution in [-0.4, -0.2) is 29.8 Å². The molecule has 0 spiro atoms. The fraction of sp³-hybridized carbons (Fsp3) is 0.643. The Bertz CT molecular complexity index is 953. The average molecular weight is 435 g/mol. The first-order chi connectivity index (χ1) is 15.3. The Hall–Kier alpha value is -2.10. The van der Waals surface area contributed by atoms with E-state index < -0.39 is 0 Å². The summed E-state index contributed by atoms with van der Waals surface area (Å²) < 4.78 is 0. The zero-order valence-corrected chi connectivity index (χ0v) is 20.0. The Morgan fingerprint density at radius 1 is 1.12 bits per heavy atom. The summed E-state index contributed by atoms with van der Waals surface area (Å²) in [6.45, 7) is 8.34. The molecule has 0 unspecified atom stereocenters. The number of benzene rings is 1. The van der Waals surface area contributed by atoms with Gasteiger partial charge in [-0.3, -0.25) is 9.69 Å². The quantitative estimate of drug-likeness (QED) is 0.668. The molecule has 5 atom stereocenters. The summed E-state index contributed by atoms with van der Waals surface area (Å²) >= 11 is 0. The Balaban J connectivity index is 1.38. The molecule has 4 nitrogen and oxygen atoms in total. The predicted molar refractivity (Wildman–Crippen MR) is 127 cm³/mol. The number of nitrogens with one attached hydrogen (secondary N) is 1. The number of carbonyl (C=O) groups excluding carboxylic acids is 2. The maximum absolute atomic E-state index is 13.5. The monoisotopic (exact) mass is 434 g/mol. The Morgan fingerprint density at radius 3 is 2.75 bits per heavy atom. The zero-order valence-electron chi connectivity index (χ0n) is 20.0. The number of aryl methyl sites for hydroxylation is 1. The summed E-state index contributed by atoms with van der Waals surface area (Å²) in [6, 6.07) is 8.34. The van der Waals surface area contributed by atoms with E-state index in [9.17, 15) is 9.59 Å². The van der Waals surface area contributed by atoms with Crippen LogP contribution in [0.1, 0.15) is 69.9 Å². The van der Waals surface area contributed by atoms with Crippen LogP contribution in [0.3, 0.4) is 0 Å². The molecule has 1 N–H and O–H groups in total. The fourth-order valence-electron chi connectivity index (χ4n) is 7.78. The third kappa shape index (κ3) is 3.50. The van der Waals surface area contributed by atoms with Gasteiger partial charge in [0.2, 0.25) is 0 Å². The van der Waals surface area contributed by atoms with Gasteiger partial charge in [0.1, 0.15) is 0 Å². The lowest BCUT2D eigenvalue weighted by Crippen LogP contribution is -2.59. The Labute approximate surface area is 192 Å². The third-order valence-corrected chi connectivity index (χ3v) is 9.67. The molecule has 32 heavy (non-hydrogen) atoms. The molecule has 4 heteroatoms. The second-order valence-electron chi connectivity index (χ2n) is 11.4. The first kappa shape index (κ1) is 21.7. The highest BCUT2D eigenvalue weighted by molar-refractivity contribution is 5.92. The van der Waals surface area contributed by atoms with Gasteiger partial charge in [0.05, 0.1) is 0 Å². The number of carbonyl (C=O) groups is 2. The number of ketones is 1. The number of nitrogens with zero attached hydrogens (tertiary/aromatic N) is 1. The standard InChI is InChI=1S/C28H38N2O2/c1-19-7-4-5-8-20(19)12-16-29-26(32)30-18-22-23-9-6-13-27(23,2)14-11-24(22)28(3)15-10-21(31)17-25(28)30/h4-5,7-8,17,22-24H,6,9-16,18H2,1-3H3,(H,29,32)/t22-,23-,24-,27-,28+/m0/s1. The molecule has 3 aliphatic carbocycles. The van der Waals surface area contributed by atoms with Gasteiger partial charge in [0.15, 0.2) is 5.78 Å². The van der Waals surface area contributed by atoms with Crippen LogP contribution < -0.4 is 5.32 Å². The summed E-state index contributed by atoms with van der Waals surface area (Å²) in [5.41, 5.74) is 3.91. The average Bonchev–Trinajstić information content (AvgIpc) is 3.17. The molecule has 2 saturated carbocycles. The van der Waals surface area contributed by atoms with Crippen LogP contribution in [0.5, 0.6) is 0 Å². The molecule has 1 aromatic carbocycles. The lowest BCUT2D eigenvalue weighted by atomic mass is 9.50. The maximum atomic E-state index is 13.5. The van der Waals surface area contributed by atoms with E-state index in [2.05, 4.69) is 50.4 Å². The van der Waals surface area contributed by atoms with Gasteiger partial charge in [0, 0.05) is 36.7 Å². The van der Waals surface area contributed by atoms with Gasteiger partial charge < -0.3 is 5.32 Å². The van der Waals surface area contributed by atoms with Gasteiger partial charge in [0.25, 0.3) is 0 Å². The van der Waals surface area contributed by atoms with E-state index in [1.54, 1.807) is 0 Å². The van der Waals surface area contributed by atoms with Crippen LogP contribution in [0, 0.1) is 35.5 Å². The molecule has 0 radical (unpaired) electrons. The SMILES string of the molecule is Cc1ccccc1CCNC(=O)N1C[C@H]2[C@@H]3CCC[C@@]3(C)CC[C@@H]2[C@@]2(C)CCC(=O)C=C12. The van der Waals surface area contributed by atoms with Crippen molar-refractivity contribution in [3.05, 3.63) is 47.2 Å². The largest absolute Gasteiger partial charge is 0.337 e. The fourth-order valence-corrected chi connectivity index (χ4v) is 7.78. The summed E-state index contributed by atoms with van der Waals surface area (Å²) in [5, 5.41) is 3.19. The number of amides is 2. The predicted octanol–water partition coefficient (Wildman–Crippen LogP) is 5.65. The summed E-state index contributed by atoms with van der Waals surface area (Å²) in [6.07, 6.45) is 10.6. The van der Waals surface area contributed by atoms with Crippen molar-refractivity contribution in [2.75, 3.05) is 13.1 Å². The zero-order chi connectivity index (χ0) is 22.5. The van der Waals surface area contributed by atoms with Crippen molar-refractivity contribution in [3.63, 3.8) is 0 Å². The van der Waals surface area contributed by atoms with E-state index in [0.29, 0.717) is 36.1 Å². The van der Waals surface area contributed by atoms with E-state index in [1.807, 2.05) is 11.0 Å². The molecular weight excluding hydrogens is 396 g/mol. The summed E-state index contributed by atoms with van der Waals surface area (Å²) in [5.74, 6) is 2.03. The molecule has 1 aromatic rings. The molecule has 4 aliphatic rings. The van der Waals surface area contributed by atoms with Crippen molar-refractivity contribution in [3.8, 4) is 0 Å². The minimum absolute atomic E-state index is 0.0190. The van der Waals surface area contributed by atoms with Crippen molar-refractivity contribution in [2.45, 2.75) is 72.1 Å². The molecule has 1 aliphatic heterocycles. The van der Waals surface area contributed by atoms with Crippen LogP contribution in [0.15, 0.2) is 36.0 Å². The van der Waals surface area contributed by atoms with Gasteiger partial charge >= 0.3 is 6.03 Å². The van der Waals surface area contributed by atoms with Crippen LogP contribution in [-0.2, 0) is 11.2 Å². The minimum Gasteiger partial charge on any atom is -0.337 e. The molecular formula is C28H38N2O2. The number of hydrogen-bond donors (Lipinski definition) is 1. The molecule has 2 amide bonds. The number of fused-ring (bicyclic) bond motifs is 5. The van der Waals surface area contributed by atoms with Crippen molar-refractivity contribution < 1.29 is 9.59 Å². The van der Waals surface area contributed by atoms with Gasteiger partial charge in [-0.2, -0.15) is 0 Å². The first-order valence-corrected chi connectivity index (χ1v) is 12.7. The van der Waals surface area contributed by atoms with E-state index in [4.69, 9.17) is 0 Å². The highest BCUT2D eigenvalue weighted by Gasteiger charge is 2.58. The Kier molecular flexibility index (Phi) is 5.46. The lowest BCUT2D eigenvalue weighted by molar-refractivity contribution is -0.118. The molecule has 0 bridgehead atoms. The van der Waals surface area contributed by atoms with E-state index in [-0.39, 0.29) is 17.2 Å². The second-order valence-corrected chi connectivity index (χ2v) is 11.4. The van der Waals surface area contributed by atoms with E-state index >= 15 is 0 Å². The maximum Gasteiger partial charge on any atom is 0.321 e. The molecule has 1 saturated heterocycles. The minimum atomic E-state index is -0.0614. The Morgan fingerprint density at radius 2 is 1.94 bits per heavy atom. The highest BCUT2D eigenvalue weighted by atomic mass is 16.2. The number of likely N-dealkylation sites (tertiary alicyclic amines) is 1. The number of rotatable bonds is 3. The normalized spacial score (nSPS) is 36.1. The van der Waals surface area contributed by atoms with Crippen LogP contribution >= 0.6 is 0 Å². The van der Waals surface area contributed by atoms with Crippen molar-refractivity contribution in [2.24, 2.45) is 28.6 Å². The molecule has 0 aromatic heterocycles. The van der Waals surface area contributed by atoms with Crippen LogP contribution in [0.2, 0.25) is 0 Å². The second kappa shape index (κ2) is 8.04. The smallest absolute Gasteiger partial charge is 0.321 e. The van der Waals surface area contributed by atoms with Crippen molar-refractivity contribution >= 4 is 11.8 Å². The van der Waals surface area contributed by atoms with Crippen LogP contribution in [0.4, 0.5) is 4.79 Å². The first-order valence-electron chi connectivity index (χ1n) is 12.7. The third-order valence-electron chi connectivity index (χ3n) is 9.67. The topological polar surface area (TPSA) is 49.4 Å². The summed E-state index contributed by atoms with van der Waals surface area (Å²) in [4.78, 5) is 27.9. The number of urea groups is 1. The van der Waals surface area contributed by atoms with Gasteiger partial charge in [-0.1, -0.05) is 44.5 Å². The van der Waals surface area contributed by atoms with E-state index in [0.717, 1.165) is 25.1 Å². The number of hydrogen-bond acceptors (Lipinski definition) is 2. The van der Waals surface area contributed by atoms with Crippen molar-refractivity contribution in [1.82, 2.24) is 10.2 Å². The molecule has 172 valence electrons. The highest BCUT2D eigenvalue weighted by Crippen LogP contribution is 2.63. The van der Waals surface area contributed by atoms with Crippen LogP contribution in [0.25, 0.3) is 0 Å². The number of piperidine rings is 1.